The average molecular weight is 518 g/mol. The molecule has 2 unspecified atom stereocenters. The van der Waals surface area contributed by atoms with E-state index in [4.69, 9.17) is 4.74 Å². The third-order valence-corrected chi connectivity index (χ3v) is 8.64. The molecule has 2 bridgehead atoms. The van der Waals surface area contributed by atoms with Gasteiger partial charge in [0, 0.05) is 26.2 Å². The highest BCUT2D eigenvalue weighted by atomic mass is 16.5. The maximum Gasteiger partial charge on any atom is 0.248 e. The Labute approximate surface area is 222 Å². The molecular formula is C29H47N3O5. The van der Waals surface area contributed by atoms with Crippen molar-refractivity contribution in [3.05, 3.63) is 25.3 Å². The van der Waals surface area contributed by atoms with Crippen molar-refractivity contribution in [2.24, 2.45) is 11.8 Å². The molecule has 6 atom stereocenters. The molecule has 3 saturated heterocycles. The van der Waals surface area contributed by atoms with E-state index in [0.717, 1.165) is 25.7 Å². The highest BCUT2D eigenvalue weighted by molar-refractivity contribution is 5.99. The van der Waals surface area contributed by atoms with Crippen molar-refractivity contribution < 1.29 is 24.2 Å². The van der Waals surface area contributed by atoms with Gasteiger partial charge in [0.25, 0.3) is 0 Å². The van der Waals surface area contributed by atoms with Crippen LogP contribution in [0.5, 0.6) is 0 Å². The standard InChI is InChI=1S/C29H47N3O5/c1-7-12-13-19-31(18-10-4)27(36)24-29-15-14-28(6,37-29)22(25(34)30(16-8-2)17-9-3)23(29)26(35)32(24)21(11-5)20-33/h8,10,21-24,33H,2,4,7,9,11-20H2,1,3,5-6H3/t21-,22-,23-,24?,28+,29?/m0/s1. The lowest BCUT2D eigenvalue weighted by Crippen LogP contribution is -2.58. The summed E-state index contributed by atoms with van der Waals surface area (Å²) in [5.74, 6) is -1.96. The molecule has 208 valence electrons. The fourth-order valence-electron chi connectivity index (χ4n) is 6.91. The minimum absolute atomic E-state index is 0.111. The Morgan fingerprint density at radius 1 is 1.08 bits per heavy atom. The second-order valence-corrected chi connectivity index (χ2v) is 11.1. The van der Waals surface area contributed by atoms with E-state index < -0.39 is 35.1 Å². The molecule has 0 aromatic rings. The molecule has 3 aliphatic heterocycles. The Morgan fingerprint density at radius 2 is 1.73 bits per heavy atom. The minimum atomic E-state index is -1.08. The summed E-state index contributed by atoms with van der Waals surface area (Å²) in [4.78, 5) is 47.6. The highest BCUT2D eigenvalue weighted by Crippen LogP contribution is 2.64. The lowest BCUT2D eigenvalue weighted by atomic mass is 9.66. The van der Waals surface area contributed by atoms with Gasteiger partial charge >= 0.3 is 0 Å². The van der Waals surface area contributed by atoms with Gasteiger partial charge in [-0.2, -0.15) is 0 Å². The first kappa shape index (κ1) is 29.4. The van der Waals surface area contributed by atoms with Gasteiger partial charge < -0.3 is 24.5 Å². The van der Waals surface area contributed by atoms with Gasteiger partial charge in [-0.05, 0) is 39.0 Å². The van der Waals surface area contributed by atoms with Crippen LogP contribution in [0.25, 0.3) is 0 Å². The molecule has 3 heterocycles. The van der Waals surface area contributed by atoms with E-state index in [1.54, 1.807) is 26.9 Å². The average Bonchev–Trinajstić information content (AvgIpc) is 3.44. The van der Waals surface area contributed by atoms with E-state index >= 15 is 0 Å². The zero-order valence-corrected chi connectivity index (χ0v) is 23.3. The number of amides is 3. The van der Waals surface area contributed by atoms with Gasteiger partial charge in [0.05, 0.1) is 30.1 Å². The van der Waals surface area contributed by atoms with Gasteiger partial charge in [0.15, 0.2) is 0 Å². The van der Waals surface area contributed by atoms with Crippen LogP contribution in [-0.2, 0) is 19.1 Å². The zero-order chi connectivity index (χ0) is 27.4. The lowest BCUT2D eigenvalue weighted by molar-refractivity contribution is -0.156. The Morgan fingerprint density at radius 3 is 2.27 bits per heavy atom. The zero-order valence-electron chi connectivity index (χ0n) is 23.3. The number of rotatable bonds is 15. The number of unbranched alkanes of at least 4 members (excludes halogenated alkanes) is 2. The van der Waals surface area contributed by atoms with E-state index in [-0.39, 0.29) is 24.3 Å². The number of carbonyl (C=O) groups is 3. The van der Waals surface area contributed by atoms with Crippen LogP contribution in [0.15, 0.2) is 25.3 Å². The van der Waals surface area contributed by atoms with Crippen LogP contribution in [0.2, 0.25) is 0 Å². The fraction of sp³-hybridized carbons (Fsp3) is 0.759. The first-order chi connectivity index (χ1) is 17.7. The van der Waals surface area contributed by atoms with Crippen LogP contribution in [0.1, 0.15) is 72.6 Å². The summed E-state index contributed by atoms with van der Waals surface area (Å²) in [7, 11) is 0. The van der Waals surface area contributed by atoms with Gasteiger partial charge in [-0.15, -0.1) is 13.2 Å². The van der Waals surface area contributed by atoms with Crippen molar-refractivity contribution >= 4 is 17.7 Å². The Hall–Kier alpha value is -2.19. The molecule has 0 saturated carbocycles. The monoisotopic (exact) mass is 517 g/mol. The summed E-state index contributed by atoms with van der Waals surface area (Å²) < 4.78 is 6.75. The smallest absolute Gasteiger partial charge is 0.248 e. The van der Waals surface area contributed by atoms with Crippen LogP contribution >= 0.6 is 0 Å². The van der Waals surface area contributed by atoms with Gasteiger partial charge in [-0.1, -0.05) is 45.8 Å². The lowest BCUT2D eigenvalue weighted by Gasteiger charge is -2.39. The molecule has 0 aliphatic carbocycles. The summed E-state index contributed by atoms with van der Waals surface area (Å²) in [6, 6.07) is -1.39. The minimum Gasteiger partial charge on any atom is -0.394 e. The maximum atomic E-state index is 14.3. The topological polar surface area (TPSA) is 90.4 Å². The second kappa shape index (κ2) is 12.1. The van der Waals surface area contributed by atoms with E-state index in [1.807, 2.05) is 20.8 Å². The number of fused-ring (bicyclic) bond motifs is 1. The molecule has 3 rings (SSSR count). The molecule has 3 fully saturated rings. The van der Waals surface area contributed by atoms with Crippen LogP contribution in [-0.4, -0.2) is 93.6 Å². The van der Waals surface area contributed by atoms with E-state index in [2.05, 4.69) is 20.1 Å². The van der Waals surface area contributed by atoms with Crippen molar-refractivity contribution in [1.29, 1.82) is 0 Å². The Bertz CT molecular complexity index is 874. The number of likely N-dealkylation sites (tertiary alicyclic amines) is 1. The summed E-state index contributed by atoms with van der Waals surface area (Å²) in [6.07, 6.45) is 8.73. The number of hydrogen-bond donors (Lipinski definition) is 1. The first-order valence-electron chi connectivity index (χ1n) is 14.1. The third kappa shape index (κ3) is 4.99. The number of aliphatic hydroxyl groups is 1. The molecule has 0 aromatic carbocycles. The number of carbonyl (C=O) groups excluding carboxylic acids is 3. The SMILES string of the molecule is C=CCN(CCCCC)C(=O)C1N([C@@H](CC)CO)C(=O)[C@@H]2[C@@H](C(=O)N(CC=C)CCC)[C@@]3(C)CCC12O3. The molecule has 8 nitrogen and oxygen atoms in total. The summed E-state index contributed by atoms with van der Waals surface area (Å²) in [6.45, 7) is 17.3. The van der Waals surface area contributed by atoms with Crippen molar-refractivity contribution in [3.8, 4) is 0 Å². The van der Waals surface area contributed by atoms with E-state index in [1.165, 1.54) is 0 Å². The Kier molecular flexibility index (Phi) is 9.62. The van der Waals surface area contributed by atoms with Crippen molar-refractivity contribution in [2.75, 3.05) is 32.8 Å². The van der Waals surface area contributed by atoms with Gasteiger partial charge in [-0.3, -0.25) is 14.4 Å². The van der Waals surface area contributed by atoms with Gasteiger partial charge in [-0.25, -0.2) is 0 Å². The molecule has 3 amide bonds. The largest absolute Gasteiger partial charge is 0.394 e. The van der Waals surface area contributed by atoms with Crippen LogP contribution in [0.4, 0.5) is 0 Å². The quantitative estimate of drug-likeness (QED) is 0.266. The van der Waals surface area contributed by atoms with Crippen LogP contribution in [0, 0.1) is 11.8 Å². The Balaban J connectivity index is 2.08. The van der Waals surface area contributed by atoms with Crippen LogP contribution < -0.4 is 0 Å². The maximum absolute atomic E-state index is 14.3. The second-order valence-electron chi connectivity index (χ2n) is 11.1. The molecule has 37 heavy (non-hydrogen) atoms. The number of nitrogens with zero attached hydrogens (tertiary/aromatic N) is 3. The van der Waals surface area contributed by atoms with Gasteiger partial charge in [0.2, 0.25) is 17.7 Å². The molecule has 1 spiro atoms. The molecule has 3 aliphatic rings. The highest BCUT2D eigenvalue weighted by Gasteiger charge is 2.78. The summed E-state index contributed by atoms with van der Waals surface area (Å²) in [5, 5.41) is 10.2. The predicted molar refractivity (Wildman–Crippen MR) is 144 cm³/mol. The summed E-state index contributed by atoms with van der Waals surface area (Å²) >= 11 is 0. The molecule has 0 aromatic heterocycles. The van der Waals surface area contributed by atoms with Gasteiger partial charge in [0.1, 0.15) is 11.6 Å². The first-order valence-corrected chi connectivity index (χ1v) is 14.1. The number of aliphatic hydroxyl groups excluding tert-OH is 1. The number of ether oxygens (including phenoxy) is 1. The molecule has 1 N–H and O–H groups in total. The fourth-order valence-corrected chi connectivity index (χ4v) is 6.91. The molecule has 8 heteroatoms. The van der Waals surface area contributed by atoms with E-state index in [9.17, 15) is 19.5 Å². The third-order valence-electron chi connectivity index (χ3n) is 8.64. The predicted octanol–water partition coefficient (Wildman–Crippen LogP) is 3.15. The summed E-state index contributed by atoms with van der Waals surface area (Å²) in [5.41, 5.74) is -1.90. The molecule has 0 radical (unpaired) electrons. The molecular weight excluding hydrogens is 470 g/mol. The van der Waals surface area contributed by atoms with E-state index in [0.29, 0.717) is 45.4 Å². The number of hydrogen-bond acceptors (Lipinski definition) is 5. The van der Waals surface area contributed by atoms with Crippen molar-refractivity contribution in [1.82, 2.24) is 14.7 Å². The van der Waals surface area contributed by atoms with Crippen LogP contribution in [0.3, 0.4) is 0 Å². The normalized spacial score (nSPS) is 30.8. The van der Waals surface area contributed by atoms with Crippen molar-refractivity contribution in [2.45, 2.75) is 95.9 Å². The van der Waals surface area contributed by atoms with Crippen molar-refractivity contribution in [3.63, 3.8) is 0 Å².